The van der Waals surface area contributed by atoms with Crippen LogP contribution in [0.4, 0.5) is 0 Å². The molecule has 1 N–H and O–H groups in total. The van der Waals surface area contributed by atoms with Crippen LogP contribution in [0.15, 0.2) is 54.6 Å². The molecule has 3 heteroatoms. The van der Waals surface area contributed by atoms with E-state index in [1.165, 1.54) is 5.56 Å². The number of carboxylic acids is 1. The van der Waals surface area contributed by atoms with E-state index in [0.29, 0.717) is 12.2 Å². The zero-order chi connectivity index (χ0) is 20.1. The fraction of sp³-hybridized carbons (Fsp3) is 0.417. The van der Waals surface area contributed by atoms with Crippen molar-refractivity contribution in [1.82, 2.24) is 0 Å². The van der Waals surface area contributed by atoms with Crippen molar-refractivity contribution in [1.29, 1.82) is 0 Å². The monoisotopic (exact) mass is 368 g/mol. The summed E-state index contributed by atoms with van der Waals surface area (Å²) < 4.78 is 0. The summed E-state index contributed by atoms with van der Waals surface area (Å²) in [5.41, 5.74) is 3.20. The molecule has 0 saturated carbocycles. The van der Waals surface area contributed by atoms with Crippen LogP contribution in [0.5, 0.6) is 0 Å². The molecule has 3 nitrogen and oxygen atoms in total. The van der Waals surface area contributed by atoms with E-state index in [9.17, 15) is 9.59 Å². The number of aliphatic carboxylic acids is 1. The van der Waals surface area contributed by atoms with Gasteiger partial charge in [-0.15, -0.1) is 0 Å². The number of hydrogen-bond donors (Lipinski definition) is 1. The Labute approximate surface area is 163 Å². The first kappa shape index (κ1) is 22.6. The highest BCUT2D eigenvalue weighted by atomic mass is 16.4. The number of benzene rings is 2. The van der Waals surface area contributed by atoms with Gasteiger partial charge in [-0.25, -0.2) is 0 Å². The van der Waals surface area contributed by atoms with Gasteiger partial charge in [0.15, 0.2) is 0 Å². The van der Waals surface area contributed by atoms with E-state index in [1.54, 1.807) is 0 Å². The highest BCUT2D eigenvalue weighted by Gasteiger charge is 2.17. The van der Waals surface area contributed by atoms with Gasteiger partial charge < -0.3 is 5.11 Å². The van der Waals surface area contributed by atoms with Crippen LogP contribution in [-0.2, 0) is 28.9 Å². The van der Waals surface area contributed by atoms with Gasteiger partial charge in [0.1, 0.15) is 5.78 Å². The molecule has 2 aromatic carbocycles. The van der Waals surface area contributed by atoms with E-state index >= 15 is 0 Å². The van der Waals surface area contributed by atoms with Crippen molar-refractivity contribution in [2.45, 2.75) is 59.3 Å². The lowest BCUT2D eigenvalue weighted by atomic mass is 9.88. The van der Waals surface area contributed by atoms with E-state index in [1.807, 2.05) is 63.2 Å². The minimum Gasteiger partial charge on any atom is -0.481 e. The number of carbonyl (C=O) groups excluding carboxylic acids is 1. The van der Waals surface area contributed by atoms with Crippen LogP contribution >= 0.6 is 0 Å². The zero-order valence-corrected chi connectivity index (χ0v) is 16.8. The van der Waals surface area contributed by atoms with Crippen molar-refractivity contribution in [3.63, 3.8) is 0 Å². The Morgan fingerprint density at radius 1 is 0.889 bits per heavy atom. The van der Waals surface area contributed by atoms with E-state index in [0.717, 1.165) is 36.8 Å². The standard InChI is InChI=1S/C22H26O3.C2H6/c1-2-21(23)20(10-6-9-17-7-4-3-5-8-17)15-18-11-13-19(14-12-18)16-22(24)25;1-2/h3-5,7-8,11-14,20H,2,6,9-10,15-16H2,1H3,(H,24,25);1-2H3. The molecule has 1 unspecified atom stereocenters. The molecule has 0 aliphatic carbocycles. The maximum absolute atomic E-state index is 12.3. The lowest BCUT2D eigenvalue weighted by molar-refractivity contribution is -0.136. The number of carboxylic acid groups (broad SMARTS) is 1. The number of carbonyl (C=O) groups is 2. The zero-order valence-electron chi connectivity index (χ0n) is 16.8. The third-order valence-electron chi connectivity index (χ3n) is 4.53. The van der Waals surface area contributed by atoms with Crippen LogP contribution in [0, 0.1) is 5.92 Å². The normalized spacial score (nSPS) is 11.2. The van der Waals surface area contributed by atoms with Gasteiger partial charge in [0.25, 0.3) is 0 Å². The minimum absolute atomic E-state index is 0.0364. The summed E-state index contributed by atoms with van der Waals surface area (Å²) in [6.07, 6.45) is 4.21. The first-order valence-electron chi connectivity index (χ1n) is 9.94. The molecule has 0 aliphatic heterocycles. The first-order chi connectivity index (χ1) is 13.1. The van der Waals surface area contributed by atoms with Gasteiger partial charge in [-0.3, -0.25) is 9.59 Å². The smallest absolute Gasteiger partial charge is 0.307 e. The summed E-state index contributed by atoms with van der Waals surface area (Å²) in [6.45, 7) is 5.92. The minimum atomic E-state index is -0.826. The Balaban J connectivity index is 0.00000176. The Morgan fingerprint density at radius 2 is 1.48 bits per heavy atom. The van der Waals surface area contributed by atoms with Crippen molar-refractivity contribution >= 4 is 11.8 Å². The molecule has 0 aliphatic rings. The topological polar surface area (TPSA) is 54.4 Å². The van der Waals surface area contributed by atoms with E-state index in [-0.39, 0.29) is 12.3 Å². The highest BCUT2D eigenvalue weighted by Crippen LogP contribution is 2.19. The van der Waals surface area contributed by atoms with Crippen molar-refractivity contribution in [2.24, 2.45) is 5.92 Å². The molecule has 2 aromatic rings. The predicted molar refractivity (Wildman–Crippen MR) is 111 cm³/mol. The van der Waals surface area contributed by atoms with Crippen molar-refractivity contribution in [3.05, 3.63) is 71.3 Å². The van der Waals surface area contributed by atoms with Crippen LogP contribution in [0.3, 0.4) is 0 Å². The molecular weight excluding hydrogens is 336 g/mol. The fourth-order valence-electron chi connectivity index (χ4n) is 3.12. The third kappa shape index (κ3) is 8.67. The number of Topliss-reactive ketones (excluding diaryl/α,β-unsaturated/α-hetero) is 1. The fourth-order valence-corrected chi connectivity index (χ4v) is 3.12. The molecular formula is C24H32O3. The molecule has 0 bridgehead atoms. The summed E-state index contributed by atoms with van der Waals surface area (Å²) in [5, 5.41) is 8.83. The van der Waals surface area contributed by atoms with E-state index in [4.69, 9.17) is 5.11 Å². The van der Waals surface area contributed by atoms with Gasteiger partial charge in [-0.05, 0) is 42.4 Å². The van der Waals surface area contributed by atoms with Gasteiger partial charge in [0, 0.05) is 12.3 Å². The maximum atomic E-state index is 12.3. The number of ketones is 1. The summed E-state index contributed by atoms with van der Waals surface area (Å²) in [5.74, 6) is -0.477. The molecule has 0 fully saturated rings. The summed E-state index contributed by atoms with van der Waals surface area (Å²) in [4.78, 5) is 23.0. The predicted octanol–water partition coefficient (Wildman–Crippen LogP) is 5.50. The Hall–Kier alpha value is -2.42. The second-order valence-corrected chi connectivity index (χ2v) is 6.49. The van der Waals surface area contributed by atoms with Gasteiger partial charge in [-0.1, -0.05) is 75.4 Å². The molecule has 1 atom stereocenters. The molecule has 0 spiro atoms. The number of aryl methyl sites for hydroxylation is 1. The average Bonchev–Trinajstić information content (AvgIpc) is 2.70. The van der Waals surface area contributed by atoms with E-state index in [2.05, 4.69) is 12.1 Å². The van der Waals surface area contributed by atoms with Gasteiger partial charge >= 0.3 is 5.97 Å². The molecule has 2 rings (SSSR count). The molecule has 0 aromatic heterocycles. The molecule has 146 valence electrons. The maximum Gasteiger partial charge on any atom is 0.307 e. The van der Waals surface area contributed by atoms with Crippen LogP contribution in [0.1, 0.15) is 56.7 Å². The largest absolute Gasteiger partial charge is 0.481 e. The quantitative estimate of drug-likeness (QED) is 0.602. The van der Waals surface area contributed by atoms with Crippen molar-refractivity contribution in [2.75, 3.05) is 0 Å². The van der Waals surface area contributed by atoms with Crippen LogP contribution < -0.4 is 0 Å². The van der Waals surface area contributed by atoms with Crippen molar-refractivity contribution in [3.8, 4) is 0 Å². The highest BCUT2D eigenvalue weighted by molar-refractivity contribution is 5.81. The number of rotatable bonds is 10. The lowest BCUT2D eigenvalue weighted by Gasteiger charge is -2.15. The molecule has 0 heterocycles. The molecule has 0 amide bonds. The molecule has 0 saturated heterocycles. The van der Waals surface area contributed by atoms with Crippen LogP contribution in [-0.4, -0.2) is 16.9 Å². The van der Waals surface area contributed by atoms with Crippen LogP contribution in [0.2, 0.25) is 0 Å². The van der Waals surface area contributed by atoms with Gasteiger partial charge in [-0.2, -0.15) is 0 Å². The Morgan fingerprint density at radius 3 is 2.04 bits per heavy atom. The SMILES string of the molecule is CC.CCC(=O)C(CCCc1ccccc1)Cc1ccc(CC(=O)O)cc1. The molecule has 0 radical (unpaired) electrons. The Kier molecular flexibility index (Phi) is 10.8. The Bertz CT molecular complexity index is 675. The third-order valence-corrected chi connectivity index (χ3v) is 4.53. The summed E-state index contributed by atoms with van der Waals surface area (Å²) in [7, 11) is 0. The van der Waals surface area contributed by atoms with Gasteiger partial charge in [0.2, 0.25) is 0 Å². The van der Waals surface area contributed by atoms with Crippen LogP contribution in [0.25, 0.3) is 0 Å². The molecule has 27 heavy (non-hydrogen) atoms. The van der Waals surface area contributed by atoms with Crippen molar-refractivity contribution < 1.29 is 14.7 Å². The lowest BCUT2D eigenvalue weighted by Crippen LogP contribution is -2.16. The van der Waals surface area contributed by atoms with Gasteiger partial charge in [0.05, 0.1) is 6.42 Å². The second-order valence-electron chi connectivity index (χ2n) is 6.49. The number of hydrogen-bond acceptors (Lipinski definition) is 2. The summed E-state index contributed by atoms with van der Waals surface area (Å²) >= 11 is 0. The van der Waals surface area contributed by atoms with E-state index < -0.39 is 5.97 Å². The first-order valence-corrected chi connectivity index (χ1v) is 9.94. The summed E-state index contributed by atoms with van der Waals surface area (Å²) in [6, 6.07) is 17.9. The average molecular weight is 369 g/mol. The second kappa shape index (κ2) is 12.9.